The lowest BCUT2D eigenvalue weighted by Crippen LogP contribution is -2.42. The minimum absolute atomic E-state index is 0.253. The van der Waals surface area contributed by atoms with Crippen molar-refractivity contribution in [3.8, 4) is 11.1 Å². The molecule has 2 aliphatic heterocycles. The van der Waals surface area contributed by atoms with Crippen LogP contribution < -0.4 is 5.43 Å². The fourth-order valence-corrected chi connectivity index (χ4v) is 3.77. The number of allylic oxidation sites excluding steroid dienone is 3. The quantitative estimate of drug-likeness (QED) is 0.675. The third-order valence-electron chi connectivity index (χ3n) is 5.79. The van der Waals surface area contributed by atoms with Gasteiger partial charge in [-0.2, -0.15) is 0 Å². The van der Waals surface area contributed by atoms with E-state index < -0.39 is 0 Å². The Balaban J connectivity index is 1.37. The van der Waals surface area contributed by atoms with E-state index in [0.29, 0.717) is 0 Å². The molecule has 2 aromatic rings. The summed E-state index contributed by atoms with van der Waals surface area (Å²) in [5.74, 6) is 0.728. The molecule has 0 saturated carbocycles. The van der Waals surface area contributed by atoms with Gasteiger partial charge in [0.05, 0.1) is 17.0 Å². The Kier molecular flexibility index (Phi) is 5.20. The van der Waals surface area contributed by atoms with E-state index in [1.165, 1.54) is 0 Å². The molecule has 3 aliphatic rings. The molecule has 0 saturated heterocycles. The topological polar surface area (TPSA) is 49.8 Å². The van der Waals surface area contributed by atoms with Crippen molar-refractivity contribution < 1.29 is 4.74 Å². The second-order valence-corrected chi connectivity index (χ2v) is 8.03. The highest BCUT2D eigenvalue weighted by atomic mass is 16.5. The fraction of sp³-hybridized carbons (Fsp3) is 0.148. The summed E-state index contributed by atoms with van der Waals surface area (Å²) < 4.78 is 5.60. The van der Waals surface area contributed by atoms with Crippen molar-refractivity contribution in [3.63, 3.8) is 0 Å². The van der Waals surface area contributed by atoms with E-state index in [0.717, 1.165) is 46.0 Å². The number of hydrogen-bond donors (Lipinski definition) is 1. The highest BCUT2D eigenvalue weighted by Gasteiger charge is 2.26. The normalized spacial score (nSPS) is 22.8. The molecule has 32 heavy (non-hydrogen) atoms. The Morgan fingerprint density at radius 3 is 2.75 bits per heavy atom. The SMILES string of the molecule is COC1(C)C=CC(C2=CC=CC3=C=CC(=Nc4ccc(-c5cccnc5)cc4)NN32)=CC1. The molecular formula is C27H24N4O. The maximum atomic E-state index is 5.60. The number of aromatic nitrogens is 1. The highest BCUT2D eigenvalue weighted by Crippen LogP contribution is 2.31. The van der Waals surface area contributed by atoms with Gasteiger partial charge in [0.2, 0.25) is 0 Å². The lowest BCUT2D eigenvalue weighted by Gasteiger charge is -2.34. The standard InChI is InChI=1S/C27H24N4O/c1-27(32-2)16-14-21(15-17-27)25-7-3-6-24-12-13-26(30-31(24)25)29-23-10-8-20(9-11-23)22-5-4-18-28-19-22/h3-11,13-16,18-19H,17H2,1-2H3,(H,29,30). The number of rotatable bonds is 4. The van der Waals surface area contributed by atoms with Gasteiger partial charge in [-0.3, -0.25) is 10.4 Å². The lowest BCUT2D eigenvalue weighted by molar-refractivity contribution is 0.0502. The van der Waals surface area contributed by atoms with Crippen molar-refractivity contribution in [1.82, 2.24) is 15.4 Å². The van der Waals surface area contributed by atoms with Crippen LogP contribution in [0.5, 0.6) is 0 Å². The molecule has 0 fully saturated rings. The molecule has 1 aromatic heterocycles. The van der Waals surface area contributed by atoms with Crippen molar-refractivity contribution in [2.24, 2.45) is 4.99 Å². The zero-order valence-corrected chi connectivity index (χ0v) is 18.1. The van der Waals surface area contributed by atoms with Gasteiger partial charge in [-0.1, -0.05) is 48.2 Å². The van der Waals surface area contributed by atoms with E-state index in [9.17, 15) is 0 Å². The summed E-state index contributed by atoms with van der Waals surface area (Å²) in [4.78, 5) is 8.96. The summed E-state index contributed by atoms with van der Waals surface area (Å²) in [5, 5.41) is 2.02. The molecule has 1 N–H and O–H groups in total. The molecule has 0 bridgehead atoms. The van der Waals surface area contributed by atoms with Crippen LogP contribution in [-0.2, 0) is 4.74 Å². The number of pyridine rings is 1. The van der Waals surface area contributed by atoms with Gasteiger partial charge in [0, 0.05) is 25.6 Å². The second-order valence-electron chi connectivity index (χ2n) is 8.03. The van der Waals surface area contributed by atoms with Gasteiger partial charge in [0.1, 0.15) is 5.70 Å². The summed E-state index contributed by atoms with van der Waals surface area (Å²) in [7, 11) is 1.75. The van der Waals surface area contributed by atoms with Crippen LogP contribution in [0.15, 0.2) is 119 Å². The molecule has 0 amide bonds. The van der Waals surface area contributed by atoms with Gasteiger partial charge in [0.25, 0.3) is 0 Å². The molecule has 0 spiro atoms. The van der Waals surface area contributed by atoms with E-state index in [2.05, 4.69) is 59.5 Å². The third kappa shape index (κ3) is 4.00. The van der Waals surface area contributed by atoms with E-state index in [1.54, 1.807) is 13.3 Å². The molecule has 1 aliphatic carbocycles. The number of benzene rings is 1. The molecule has 3 heterocycles. The number of aliphatic imine (C=N–C) groups is 1. The number of nitrogens with zero attached hydrogens (tertiary/aromatic N) is 3. The molecule has 5 nitrogen and oxygen atoms in total. The zero-order chi connectivity index (χ0) is 22.0. The van der Waals surface area contributed by atoms with Gasteiger partial charge in [-0.25, -0.2) is 10.0 Å². The number of fused-ring (bicyclic) bond motifs is 1. The predicted octanol–water partition coefficient (Wildman–Crippen LogP) is 5.38. The Morgan fingerprint density at radius 1 is 1.16 bits per heavy atom. The number of hydrogen-bond acceptors (Lipinski definition) is 4. The molecule has 5 rings (SSSR count). The van der Waals surface area contributed by atoms with Crippen LogP contribution in [0.2, 0.25) is 0 Å². The number of nitrogens with one attached hydrogen (secondary N) is 1. The molecular weight excluding hydrogens is 396 g/mol. The first kappa shape index (κ1) is 20.0. The van der Waals surface area contributed by atoms with Crippen molar-refractivity contribution in [1.29, 1.82) is 0 Å². The van der Waals surface area contributed by atoms with Crippen molar-refractivity contribution in [3.05, 3.63) is 114 Å². The number of ether oxygens (including phenoxy) is 1. The Bertz CT molecular complexity index is 1240. The molecule has 0 radical (unpaired) electrons. The summed E-state index contributed by atoms with van der Waals surface area (Å²) in [6.45, 7) is 2.09. The van der Waals surface area contributed by atoms with Gasteiger partial charge >= 0.3 is 0 Å². The highest BCUT2D eigenvalue weighted by molar-refractivity contribution is 5.95. The fourth-order valence-electron chi connectivity index (χ4n) is 3.77. The first-order valence-electron chi connectivity index (χ1n) is 10.6. The van der Waals surface area contributed by atoms with Gasteiger partial charge in [-0.05, 0) is 60.4 Å². The summed E-state index contributed by atoms with van der Waals surface area (Å²) in [5.41, 5.74) is 12.7. The average molecular weight is 421 g/mol. The van der Waals surface area contributed by atoms with Crippen LogP contribution in [0.25, 0.3) is 11.1 Å². The van der Waals surface area contributed by atoms with E-state index in [-0.39, 0.29) is 5.60 Å². The molecule has 158 valence electrons. The monoisotopic (exact) mass is 420 g/mol. The summed E-state index contributed by atoms with van der Waals surface area (Å²) in [6, 6.07) is 12.1. The lowest BCUT2D eigenvalue weighted by atomic mass is 9.92. The van der Waals surface area contributed by atoms with Crippen LogP contribution in [0.3, 0.4) is 0 Å². The molecule has 1 aromatic carbocycles. The summed E-state index contributed by atoms with van der Waals surface area (Å²) >= 11 is 0. The van der Waals surface area contributed by atoms with Crippen molar-refractivity contribution in [2.45, 2.75) is 18.9 Å². The predicted molar refractivity (Wildman–Crippen MR) is 128 cm³/mol. The van der Waals surface area contributed by atoms with Gasteiger partial charge in [-0.15, -0.1) is 0 Å². The van der Waals surface area contributed by atoms with Crippen molar-refractivity contribution >= 4 is 11.5 Å². The van der Waals surface area contributed by atoms with Gasteiger partial charge in [0.15, 0.2) is 5.84 Å². The van der Waals surface area contributed by atoms with E-state index >= 15 is 0 Å². The van der Waals surface area contributed by atoms with Crippen LogP contribution in [0.1, 0.15) is 13.3 Å². The Hall–Kier alpha value is -3.92. The number of hydrazine groups is 1. The zero-order valence-electron chi connectivity index (χ0n) is 18.1. The summed E-state index contributed by atoms with van der Waals surface area (Å²) in [6.07, 6.45) is 18.9. The van der Waals surface area contributed by atoms with Crippen LogP contribution in [0.4, 0.5) is 5.69 Å². The van der Waals surface area contributed by atoms with E-state index in [1.807, 2.05) is 53.7 Å². The van der Waals surface area contributed by atoms with Crippen LogP contribution in [0, 0.1) is 0 Å². The maximum absolute atomic E-state index is 5.60. The van der Waals surface area contributed by atoms with Crippen LogP contribution >= 0.6 is 0 Å². The first-order valence-corrected chi connectivity index (χ1v) is 10.6. The Morgan fingerprint density at radius 2 is 2.03 bits per heavy atom. The van der Waals surface area contributed by atoms with E-state index in [4.69, 9.17) is 9.73 Å². The molecule has 5 heteroatoms. The van der Waals surface area contributed by atoms with Crippen LogP contribution in [-0.4, -0.2) is 28.5 Å². The smallest absolute Gasteiger partial charge is 0.153 e. The number of amidine groups is 1. The van der Waals surface area contributed by atoms with Crippen molar-refractivity contribution in [2.75, 3.05) is 7.11 Å². The average Bonchev–Trinajstić information content (AvgIpc) is 2.85. The second kappa shape index (κ2) is 8.31. The Labute approximate surface area is 188 Å². The molecule has 1 unspecified atom stereocenters. The third-order valence-corrected chi connectivity index (χ3v) is 5.79. The van der Waals surface area contributed by atoms with Gasteiger partial charge < -0.3 is 4.74 Å². The minimum atomic E-state index is -0.253. The molecule has 1 atom stereocenters. The first-order chi connectivity index (χ1) is 15.6. The number of methoxy groups -OCH3 is 1. The largest absolute Gasteiger partial charge is 0.374 e. The maximum Gasteiger partial charge on any atom is 0.153 e. The minimum Gasteiger partial charge on any atom is -0.374 e.